The number of nitrogens with zero attached hydrogens (tertiary/aromatic N) is 2. The molecule has 1 rings (SSSR count). The van der Waals surface area contributed by atoms with E-state index in [4.69, 9.17) is 0 Å². The van der Waals surface area contributed by atoms with Gasteiger partial charge in [-0.25, -0.2) is 0 Å². The van der Waals surface area contributed by atoms with Gasteiger partial charge in [0.1, 0.15) is 0 Å². The molecule has 0 aromatic heterocycles. The van der Waals surface area contributed by atoms with Crippen LogP contribution in [-0.4, -0.2) is 72.9 Å². The van der Waals surface area contributed by atoms with E-state index in [0.29, 0.717) is 25.2 Å². The fraction of sp³-hybridized carbons (Fsp3) is 1.00. The predicted molar refractivity (Wildman–Crippen MR) is 76.9 cm³/mol. The molecular weight excluding hydrogens is 226 g/mol. The molecule has 1 unspecified atom stereocenters. The highest BCUT2D eigenvalue weighted by Crippen LogP contribution is 2.13. The second kappa shape index (κ2) is 6.85. The van der Waals surface area contributed by atoms with Crippen molar-refractivity contribution >= 4 is 0 Å². The van der Waals surface area contributed by atoms with E-state index >= 15 is 0 Å². The quantitative estimate of drug-likeness (QED) is 0.737. The molecule has 1 heterocycles. The second-order valence-electron chi connectivity index (χ2n) is 6.52. The van der Waals surface area contributed by atoms with Crippen LogP contribution in [0.1, 0.15) is 33.6 Å². The lowest BCUT2D eigenvalue weighted by atomic mass is 10.0. The lowest BCUT2D eigenvalue weighted by molar-refractivity contribution is 0.0282. The van der Waals surface area contributed by atoms with Crippen LogP contribution in [0.5, 0.6) is 0 Å². The summed E-state index contributed by atoms with van der Waals surface area (Å²) in [7, 11) is 3.99. The Morgan fingerprint density at radius 1 is 1.33 bits per heavy atom. The van der Waals surface area contributed by atoms with E-state index in [2.05, 4.69) is 24.1 Å². The van der Waals surface area contributed by atoms with Crippen molar-refractivity contribution in [1.29, 1.82) is 0 Å². The third-order valence-electron chi connectivity index (χ3n) is 3.69. The molecule has 2 N–H and O–H groups in total. The third kappa shape index (κ3) is 5.65. The van der Waals surface area contributed by atoms with Crippen LogP contribution in [0.15, 0.2) is 0 Å². The molecular formula is C14H31N3O. The van der Waals surface area contributed by atoms with Gasteiger partial charge >= 0.3 is 0 Å². The van der Waals surface area contributed by atoms with Gasteiger partial charge in [0.15, 0.2) is 0 Å². The smallest absolute Gasteiger partial charge is 0.0869 e. The molecule has 108 valence electrons. The van der Waals surface area contributed by atoms with Crippen molar-refractivity contribution in [3.05, 3.63) is 0 Å². The van der Waals surface area contributed by atoms with Crippen molar-refractivity contribution in [1.82, 2.24) is 15.1 Å². The summed E-state index contributed by atoms with van der Waals surface area (Å²) in [5.74, 6) is 0. The number of likely N-dealkylation sites (tertiary alicyclic amines) is 1. The Hall–Kier alpha value is -0.160. The predicted octanol–water partition coefficient (Wildman–Crippen LogP) is 0.761. The van der Waals surface area contributed by atoms with Crippen molar-refractivity contribution in [3.63, 3.8) is 0 Å². The largest absolute Gasteiger partial charge is 0.388 e. The first kappa shape index (κ1) is 15.9. The highest BCUT2D eigenvalue weighted by molar-refractivity contribution is 4.84. The lowest BCUT2D eigenvalue weighted by Crippen LogP contribution is -2.51. The molecule has 0 saturated carbocycles. The van der Waals surface area contributed by atoms with Crippen LogP contribution >= 0.6 is 0 Å². The van der Waals surface area contributed by atoms with Crippen LogP contribution in [0.25, 0.3) is 0 Å². The molecule has 4 heteroatoms. The van der Waals surface area contributed by atoms with Crippen LogP contribution < -0.4 is 5.32 Å². The highest BCUT2D eigenvalue weighted by atomic mass is 16.3. The van der Waals surface area contributed by atoms with Gasteiger partial charge in [-0.3, -0.25) is 0 Å². The number of piperidine rings is 1. The van der Waals surface area contributed by atoms with E-state index in [0.717, 1.165) is 0 Å². The van der Waals surface area contributed by atoms with E-state index < -0.39 is 5.60 Å². The van der Waals surface area contributed by atoms with Crippen molar-refractivity contribution < 1.29 is 5.11 Å². The molecule has 0 aromatic carbocycles. The van der Waals surface area contributed by atoms with Crippen LogP contribution in [0.4, 0.5) is 0 Å². The molecule has 0 radical (unpaired) electrons. The Labute approximate surface area is 112 Å². The number of rotatable bonds is 6. The Morgan fingerprint density at radius 3 is 2.33 bits per heavy atom. The topological polar surface area (TPSA) is 38.7 Å². The number of hydrogen-bond acceptors (Lipinski definition) is 4. The molecule has 0 aromatic rings. The fourth-order valence-corrected chi connectivity index (χ4v) is 2.72. The molecule has 0 amide bonds. The van der Waals surface area contributed by atoms with Gasteiger partial charge in [-0.15, -0.1) is 0 Å². The summed E-state index contributed by atoms with van der Waals surface area (Å²) in [6, 6.07) is 1.22. The van der Waals surface area contributed by atoms with Crippen molar-refractivity contribution in [2.45, 2.75) is 51.3 Å². The van der Waals surface area contributed by atoms with Crippen LogP contribution in [-0.2, 0) is 0 Å². The second-order valence-corrected chi connectivity index (χ2v) is 6.52. The first-order valence-corrected chi connectivity index (χ1v) is 7.15. The van der Waals surface area contributed by atoms with E-state index in [1.165, 1.54) is 25.9 Å². The summed E-state index contributed by atoms with van der Waals surface area (Å²) in [6.07, 6.45) is 2.38. The zero-order chi connectivity index (χ0) is 13.8. The van der Waals surface area contributed by atoms with Gasteiger partial charge in [0, 0.05) is 25.2 Å². The zero-order valence-electron chi connectivity index (χ0n) is 12.7. The van der Waals surface area contributed by atoms with Crippen LogP contribution in [0.3, 0.4) is 0 Å². The number of nitrogens with one attached hydrogen (secondary N) is 1. The molecule has 1 aliphatic heterocycles. The van der Waals surface area contributed by atoms with Crippen molar-refractivity contribution in [3.8, 4) is 0 Å². The summed E-state index contributed by atoms with van der Waals surface area (Å²) in [5, 5.41) is 13.8. The van der Waals surface area contributed by atoms with Crippen LogP contribution in [0.2, 0.25) is 0 Å². The van der Waals surface area contributed by atoms with Crippen molar-refractivity contribution in [2.75, 3.05) is 40.3 Å². The molecule has 18 heavy (non-hydrogen) atoms. The van der Waals surface area contributed by atoms with Crippen molar-refractivity contribution in [2.24, 2.45) is 0 Å². The molecule has 1 saturated heterocycles. The van der Waals surface area contributed by atoms with E-state index in [9.17, 15) is 5.11 Å². The molecule has 4 nitrogen and oxygen atoms in total. The molecule has 1 aliphatic rings. The summed E-state index contributed by atoms with van der Waals surface area (Å²) in [4.78, 5) is 4.55. The number of likely N-dealkylation sites (N-methyl/N-ethyl adjacent to an activating group) is 1. The molecule has 0 spiro atoms. The van der Waals surface area contributed by atoms with Gasteiger partial charge in [-0.1, -0.05) is 0 Å². The fourth-order valence-electron chi connectivity index (χ4n) is 2.72. The summed E-state index contributed by atoms with van der Waals surface area (Å²) >= 11 is 0. The summed E-state index contributed by atoms with van der Waals surface area (Å²) < 4.78 is 0. The van der Waals surface area contributed by atoms with E-state index in [-0.39, 0.29) is 0 Å². The van der Waals surface area contributed by atoms with Gasteiger partial charge in [-0.05, 0) is 60.8 Å². The van der Waals surface area contributed by atoms with Gasteiger partial charge < -0.3 is 20.2 Å². The maximum atomic E-state index is 10.2. The van der Waals surface area contributed by atoms with Gasteiger partial charge in [0.05, 0.1) is 5.60 Å². The van der Waals surface area contributed by atoms with Gasteiger partial charge in [0.25, 0.3) is 0 Å². The first-order valence-electron chi connectivity index (χ1n) is 7.15. The number of hydrogen-bond donors (Lipinski definition) is 2. The van der Waals surface area contributed by atoms with Gasteiger partial charge in [0.2, 0.25) is 0 Å². The zero-order valence-corrected chi connectivity index (χ0v) is 12.7. The number of aliphatic hydroxyl groups is 1. The van der Waals surface area contributed by atoms with Gasteiger partial charge in [-0.2, -0.15) is 0 Å². The van der Waals surface area contributed by atoms with Crippen LogP contribution in [0, 0.1) is 0 Å². The standard InChI is InChI=1S/C14H31N3O/c1-12(2)17-8-6-13(7-9-17)15-10-14(3,18)11-16(4)5/h12-13,15,18H,6-11H2,1-5H3. The monoisotopic (exact) mass is 257 g/mol. The van der Waals surface area contributed by atoms with E-state index in [1.54, 1.807) is 0 Å². The minimum atomic E-state index is -0.640. The normalized spacial score (nSPS) is 22.7. The Bertz CT molecular complexity index is 233. The molecule has 1 atom stereocenters. The maximum absolute atomic E-state index is 10.2. The Kier molecular flexibility index (Phi) is 6.05. The Morgan fingerprint density at radius 2 is 1.89 bits per heavy atom. The highest BCUT2D eigenvalue weighted by Gasteiger charge is 2.25. The first-order chi connectivity index (χ1) is 8.30. The lowest BCUT2D eigenvalue weighted by Gasteiger charge is -2.36. The molecule has 0 bridgehead atoms. The maximum Gasteiger partial charge on any atom is 0.0869 e. The third-order valence-corrected chi connectivity index (χ3v) is 3.69. The molecule has 0 aliphatic carbocycles. The average molecular weight is 257 g/mol. The minimum absolute atomic E-state index is 0.564. The summed E-state index contributed by atoms with van der Waals surface area (Å²) in [6.45, 7) is 10.1. The van der Waals surface area contributed by atoms with E-state index in [1.807, 2.05) is 25.9 Å². The Balaban J connectivity index is 2.25. The minimum Gasteiger partial charge on any atom is -0.388 e. The molecule has 1 fully saturated rings. The SMILES string of the molecule is CC(C)N1CCC(NCC(C)(O)CN(C)C)CC1. The average Bonchev–Trinajstić information content (AvgIpc) is 2.25. The summed E-state index contributed by atoms with van der Waals surface area (Å²) in [5.41, 5.74) is -0.640.